The Balaban J connectivity index is 2.87. The summed E-state index contributed by atoms with van der Waals surface area (Å²) in [5.74, 6) is 0. The van der Waals surface area contributed by atoms with Crippen molar-refractivity contribution in [1.29, 1.82) is 0 Å². The molecule has 0 saturated carbocycles. The van der Waals surface area contributed by atoms with E-state index >= 15 is 0 Å². The van der Waals surface area contributed by atoms with Crippen LogP contribution < -0.4 is 0 Å². The van der Waals surface area contributed by atoms with Crippen LogP contribution in [-0.2, 0) is 6.54 Å². The lowest BCUT2D eigenvalue weighted by Gasteiger charge is -1.97. The summed E-state index contributed by atoms with van der Waals surface area (Å²) >= 11 is 9.44. The first-order valence-corrected chi connectivity index (χ1v) is 5.21. The van der Waals surface area contributed by atoms with E-state index in [1.807, 2.05) is 22.9 Å². The maximum Gasteiger partial charge on any atom is 0.137 e. The number of fused-ring (bicyclic) bond motifs is 1. The van der Waals surface area contributed by atoms with E-state index in [1.165, 1.54) is 0 Å². The summed E-state index contributed by atoms with van der Waals surface area (Å²) in [5, 5.41) is 6.05. The summed E-state index contributed by atoms with van der Waals surface area (Å²) in [5.41, 5.74) is 1.07. The highest BCUT2D eigenvalue weighted by atomic mass is 79.9. The zero-order valence-electron chi connectivity index (χ0n) is 7.09. The molecule has 0 atom stereocenters. The maximum absolute atomic E-state index is 6.05. The lowest BCUT2D eigenvalue weighted by molar-refractivity contribution is 0.678. The molecular formula is C9H8BrClN2. The Morgan fingerprint density at radius 3 is 3.00 bits per heavy atom. The molecule has 2 aromatic rings. The fourth-order valence-corrected chi connectivity index (χ4v) is 2.36. The van der Waals surface area contributed by atoms with E-state index in [0.717, 1.165) is 27.1 Å². The minimum atomic E-state index is 0.740. The molecule has 0 spiro atoms. The van der Waals surface area contributed by atoms with Gasteiger partial charge < -0.3 is 0 Å². The van der Waals surface area contributed by atoms with Gasteiger partial charge in [-0.15, -0.1) is 0 Å². The summed E-state index contributed by atoms with van der Waals surface area (Å²) in [4.78, 5) is 0. The molecule has 4 heteroatoms. The first kappa shape index (κ1) is 9.03. The van der Waals surface area contributed by atoms with Crippen LogP contribution in [0.1, 0.15) is 6.92 Å². The van der Waals surface area contributed by atoms with E-state index in [-0.39, 0.29) is 0 Å². The summed E-state index contributed by atoms with van der Waals surface area (Å²) in [7, 11) is 0. The van der Waals surface area contributed by atoms with Crippen LogP contribution >= 0.6 is 27.5 Å². The van der Waals surface area contributed by atoms with Crippen molar-refractivity contribution in [1.82, 2.24) is 9.78 Å². The molecule has 0 aliphatic carbocycles. The SMILES string of the molecule is CCn1nc(Br)c2c(Cl)cccc21. The second-order valence-corrected chi connectivity index (χ2v) is 3.90. The normalized spacial score (nSPS) is 11.0. The first-order chi connectivity index (χ1) is 6.24. The van der Waals surface area contributed by atoms with Crippen molar-refractivity contribution < 1.29 is 0 Å². The fourth-order valence-electron chi connectivity index (χ4n) is 1.38. The van der Waals surface area contributed by atoms with Gasteiger partial charge in [0.25, 0.3) is 0 Å². The second-order valence-electron chi connectivity index (χ2n) is 2.74. The largest absolute Gasteiger partial charge is 0.264 e. The predicted octanol–water partition coefficient (Wildman–Crippen LogP) is 3.47. The Labute approximate surface area is 89.6 Å². The smallest absolute Gasteiger partial charge is 0.137 e. The van der Waals surface area contributed by atoms with Crippen LogP contribution in [-0.4, -0.2) is 9.78 Å². The number of nitrogens with zero attached hydrogens (tertiary/aromatic N) is 2. The second kappa shape index (κ2) is 3.31. The Bertz CT molecular complexity index is 450. The van der Waals surface area contributed by atoms with Crippen molar-refractivity contribution in [2.45, 2.75) is 13.5 Å². The van der Waals surface area contributed by atoms with Gasteiger partial charge in [0, 0.05) is 6.54 Å². The molecule has 2 rings (SSSR count). The van der Waals surface area contributed by atoms with Gasteiger partial charge in [0.2, 0.25) is 0 Å². The first-order valence-electron chi connectivity index (χ1n) is 4.04. The van der Waals surface area contributed by atoms with Crippen molar-refractivity contribution in [3.63, 3.8) is 0 Å². The van der Waals surface area contributed by atoms with Gasteiger partial charge in [-0.05, 0) is 35.0 Å². The molecule has 0 N–H and O–H groups in total. The molecule has 0 saturated heterocycles. The van der Waals surface area contributed by atoms with Gasteiger partial charge in [-0.2, -0.15) is 5.10 Å². The van der Waals surface area contributed by atoms with Crippen molar-refractivity contribution >= 4 is 38.4 Å². The van der Waals surface area contributed by atoms with E-state index in [2.05, 4.69) is 28.0 Å². The molecule has 0 aliphatic heterocycles. The number of aromatic nitrogens is 2. The molecule has 0 bridgehead atoms. The minimum Gasteiger partial charge on any atom is -0.264 e. The van der Waals surface area contributed by atoms with Gasteiger partial charge in [0.05, 0.1) is 15.9 Å². The van der Waals surface area contributed by atoms with Crippen molar-refractivity contribution in [3.8, 4) is 0 Å². The Hall–Kier alpha value is -0.540. The van der Waals surface area contributed by atoms with Crippen LogP contribution in [0.3, 0.4) is 0 Å². The topological polar surface area (TPSA) is 17.8 Å². The molecule has 1 aromatic carbocycles. The Morgan fingerprint density at radius 2 is 2.31 bits per heavy atom. The van der Waals surface area contributed by atoms with Gasteiger partial charge in [0.15, 0.2) is 0 Å². The number of hydrogen-bond donors (Lipinski definition) is 0. The van der Waals surface area contributed by atoms with E-state index in [9.17, 15) is 0 Å². The molecule has 0 unspecified atom stereocenters. The van der Waals surface area contributed by atoms with Gasteiger partial charge >= 0.3 is 0 Å². The molecule has 13 heavy (non-hydrogen) atoms. The molecule has 0 fully saturated rings. The van der Waals surface area contributed by atoms with E-state index in [1.54, 1.807) is 0 Å². The Kier molecular flexibility index (Phi) is 2.30. The number of aryl methyl sites for hydroxylation is 1. The summed E-state index contributed by atoms with van der Waals surface area (Å²) in [6.45, 7) is 2.90. The Morgan fingerprint density at radius 1 is 1.54 bits per heavy atom. The molecular weight excluding hydrogens is 251 g/mol. The predicted molar refractivity (Wildman–Crippen MR) is 58.1 cm³/mol. The van der Waals surface area contributed by atoms with Crippen LogP contribution in [0.25, 0.3) is 10.9 Å². The standard InChI is InChI=1S/C9H8BrClN2/c1-2-13-7-5-3-4-6(11)8(7)9(10)12-13/h3-5H,2H2,1H3. The van der Waals surface area contributed by atoms with Gasteiger partial charge in [-0.3, -0.25) is 4.68 Å². The van der Waals surface area contributed by atoms with Crippen molar-refractivity contribution in [3.05, 3.63) is 27.8 Å². The van der Waals surface area contributed by atoms with Gasteiger partial charge in [-0.1, -0.05) is 17.7 Å². The quantitative estimate of drug-likeness (QED) is 0.767. The maximum atomic E-state index is 6.05. The third kappa shape index (κ3) is 1.36. The van der Waals surface area contributed by atoms with Crippen LogP contribution in [0.4, 0.5) is 0 Å². The molecule has 1 heterocycles. The minimum absolute atomic E-state index is 0.740. The third-order valence-corrected chi connectivity index (χ3v) is 2.85. The van der Waals surface area contributed by atoms with Crippen molar-refractivity contribution in [2.75, 3.05) is 0 Å². The molecule has 0 aliphatic rings. The number of halogens is 2. The van der Waals surface area contributed by atoms with Crippen LogP contribution in [0.5, 0.6) is 0 Å². The van der Waals surface area contributed by atoms with Crippen molar-refractivity contribution in [2.24, 2.45) is 0 Å². The lowest BCUT2D eigenvalue weighted by atomic mass is 10.2. The highest BCUT2D eigenvalue weighted by Crippen LogP contribution is 2.29. The summed E-state index contributed by atoms with van der Waals surface area (Å²) in [6.07, 6.45) is 0. The molecule has 1 aromatic heterocycles. The monoisotopic (exact) mass is 258 g/mol. The number of hydrogen-bond acceptors (Lipinski definition) is 1. The van der Waals surface area contributed by atoms with E-state index < -0.39 is 0 Å². The molecule has 0 radical (unpaired) electrons. The summed E-state index contributed by atoms with van der Waals surface area (Å²) < 4.78 is 2.74. The lowest BCUT2D eigenvalue weighted by Crippen LogP contribution is -1.94. The zero-order valence-corrected chi connectivity index (χ0v) is 9.43. The highest BCUT2D eigenvalue weighted by molar-refractivity contribution is 9.10. The molecule has 0 amide bonds. The molecule has 2 nitrogen and oxygen atoms in total. The van der Waals surface area contributed by atoms with Crippen LogP contribution in [0, 0.1) is 0 Å². The number of rotatable bonds is 1. The zero-order chi connectivity index (χ0) is 9.42. The van der Waals surface area contributed by atoms with Gasteiger partial charge in [-0.25, -0.2) is 0 Å². The highest BCUT2D eigenvalue weighted by Gasteiger charge is 2.09. The average Bonchev–Trinajstić information content (AvgIpc) is 2.44. The number of benzene rings is 1. The van der Waals surface area contributed by atoms with Crippen LogP contribution in [0.2, 0.25) is 5.02 Å². The fraction of sp³-hybridized carbons (Fsp3) is 0.222. The average molecular weight is 260 g/mol. The summed E-state index contributed by atoms with van der Waals surface area (Å²) in [6, 6.07) is 5.82. The van der Waals surface area contributed by atoms with Crippen LogP contribution in [0.15, 0.2) is 22.8 Å². The third-order valence-electron chi connectivity index (χ3n) is 1.98. The van der Waals surface area contributed by atoms with E-state index in [4.69, 9.17) is 11.6 Å². The van der Waals surface area contributed by atoms with E-state index in [0.29, 0.717) is 0 Å². The molecule has 68 valence electrons. The van der Waals surface area contributed by atoms with Gasteiger partial charge in [0.1, 0.15) is 4.60 Å².